The summed E-state index contributed by atoms with van der Waals surface area (Å²) in [6.45, 7) is 7.22. The highest BCUT2D eigenvalue weighted by atomic mass is 15.0. The second-order valence-corrected chi connectivity index (χ2v) is 4.50. The van der Waals surface area contributed by atoms with Gasteiger partial charge in [-0.1, -0.05) is 0 Å². The second kappa shape index (κ2) is 4.62. The fourth-order valence-corrected chi connectivity index (χ4v) is 1.95. The van der Waals surface area contributed by atoms with Gasteiger partial charge in [-0.2, -0.15) is 0 Å². The molecule has 90 valence electrons. The van der Waals surface area contributed by atoms with Gasteiger partial charge in [-0.25, -0.2) is 0 Å². The molecule has 2 heterocycles. The molecule has 2 rings (SSSR count). The number of pyridine rings is 1. The maximum Gasteiger partial charge on any atom is 0.0559 e. The minimum Gasteiger partial charge on any atom is -0.379 e. The molecule has 2 aromatic heterocycles. The Bertz CT molecular complexity index is 526. The number of aromatic nitrogens is 2. The van der Waals surface area contributed by atoms with E-state index in [9.17, 15) is 0 Å². The van der Waals surface area contributed by atoms with Crippen LogP contribution in [-0.4, -0.2) is 9.55 Å². The minimum atomic E-state index is 0.847. The molecule has 0 saturated heterocycles. The SMILES string of the molecule is Cc1ccncc1NCc1cc(C)n(C)c1C. The molecule has 0 amide bonds. The number of rotatable bonds is 3. The highest BCUT2D eigenvalue weighted by molar-refractivity contribution is 5.48. The van der Waals surface area contributed by atoms with E-state index in [1.54, 1.807) is 0 Å². The van der Waals surface area contributed by atoms with E-state index < -0.39 is 0 Å². The van der Waals surface area contributed by atoms with E-state index >= 15 is 0 Å². The summed E-state index contributed by atoms with van der Waals surface area (Å²) in [6, 6.07) is 4.25. The number of nitrogens with zero attached hydrogens (tertiary/aromatic N) is 2. The predicted molar refractivity (Wildman–Crippen MR) is 71.2 cm³/mol. The number of hydrogen-bond acceptors (Lipinski definition) is 2. The quantitative estimate of drug-likeness (QED) is 0.877. The highest BCUT2D eigenvalue weighted by Crippen LogP contribution is 2.17. The van der Waals surface area contributed by atoms with E-state index in [-0.39, 0.29) is 0 Å². The van der Waals surface area contributed by atoms with Crippen LogP contribution in [0.5, 0.6) is 0 Å². The average Bonchev–Trinajstić information content (AvgIpc) is 2.56. The summed E-state index contributed by atoms with van der Waals surface area (Å²) >= 11 is 0. The standard InChI is InChI=1S/C14H19N3/c1-10-5-6-15-9-14(10)16-8-13-7-11(2)17(4)12(13)3/h5-7,9,16H,8H2,1-4H3. The summed E-state index contributed by atoms with van der Waals surface area (Å²) in [5.74, 6) is 0. The van der Waals surface area contributed by atoms with Gasteiger partial charge in [-0.05, 0) is 44.0 Å². The van der Waals surface area contributed by atoms with Crippen molar-refractivity contribution in [1.82, 2.24) is 9.55 Å². The maximum absolute atomic E-state index is 4.14. The zero-order valence-corrected chi connectivity index (χ0v) is 10.9. The molecule has 2 aromatic rings. The summed E-state index contributed by atoms with van der Waals surface area (Å²) in [5, 5.41) is 3.43. The molecule has 0 bridgehead atoms. The molecule has 0 fully saturated rings. The van der Waals surface area contributed by atoms with E-state index in [0.29, 0.717) is 0 Å². The minimum absolute atomic E-state index is 0.847. The summed E-state index contributed by atoms with van der Waals surface area (Å²) < 4.78 is 2.22. The van der Waals surface area contributed by atoms with Gasteiger partial charge in [-0.3, -0.25) is 4.98 Å². The Labute approximate surface area is 103 Å². The number of nitrogens with one attached hydrogen (secondary N) is 1. The molecule has 17 heavy (non-hydrogen) atoms. The van der Waals surface area contributed by atoms with Crippen LogP contribution in [0, 0.1) is 20.8 Å². The molecule has 0 radical (unpaired) electrons. The lowest BCUT2D eigenvalue weighted by molar-refractivity contribution is 0.837. The molecule has 3 nitrogen and oxygen atoms in total. The molecular weight excluding hydrogens is 210 g/mol. The zero-order chi connectivity index (χ0) is 12.4. The Hall–Kier alpha value is -1.77. The molecule has 0 spiro atoms. The van der Waals surface area contributed by atoms with Crippen molar-refractivity contribution >= 4 is 5.69 Å². The first-order valence-electron chi connectivity index (χ1n) is 5.86. The van der Waals surface area contributed by atoms with Crippen molar-refractivity contribution in [2.75, 3.05) is 5.32 Å². The van der Waals surface area contributed by atoms with Crippen molar-refractivity contribution in [1.29, 1.82) is 0 Å². The Kier molecular flexibility index (Phi) is 3.18. The third-order valence-electron chi connectivity index (χ3n) is 3.39. The molecule has 0 saturated carbocycles. The summed E-state index contributed by atoms with van der Waals surface area (Å²) in [4.78, 5) is 4.14. The van der Waals surface area contributed by atoms with Crippen LogP contribution in [0.2, 0.25) is 0 Å². The number of hydrogen-bond donors (Lipinski definition) is 1. The van der Waals surface area contributed by atoms with Crippen molar-refractivity contribution in [2.24, 2.45) is 7.05 Å². The Morgan fingerprint density at radius 1 is 1.29 bits per heavy atom. The monoisotopic (exact) mass is 229 g/mol. The van der Waals surface area contributed by atoms with Gasteiger partial charge in [0.1, 0.15) is 0 Å². The first-order chi connectivity index (χ1) is 8.09. The van der Waals surface area contributed by atoms with E-state index in [0.717, 1.165) is 12.2 Å². The van der Waals surface area contributed by atoms with Crippen LogP contribution >= 0.6 is 0 Å². The van der Waals surface area contributed by atoms with Crippen molar-refractivity contribution in [3.05, 3.63) is 47.0 Å². The second-order valence-electron chi connectivity index (χ2n) is 4.50. The van der Waals surface area contributed by atoms with Crippen LogP contribution < -0.4 is 5.32 Å². The third kappa shape index (κ3) is 2.33. The predicted octanol–water partition coefficient (Wildman–Crippen LogP) is 2.96. The van der Waals surface area contributed by atoms with Gasteiger partial charge < -0.3 is 9.88 Å². The smallest absolute Gasteiger partial charge is 0.0559 e. The van der Waals surface area contributed by atoms with Crippen molar-refractivity contribution in [3.8, 4) is 0 Å². The first-order valence-corrected chi connectivity index (χ1v) is 5.86. The van der Waals surface area contributed by atoms with Crippen LogP contribution in [0.3, 0.4) is 0 Å². The summed E-state index contributed by atoms with van der Waals surface area (Å²) in [5.41, 5.74) is 6.28. The van der Waals surface area contributed by atoms with Gasteiger partial charge >= 0.3 is 0 Å². The first kappa shape index (κ1) is 11.7. The Morgan fingerprint density at radius 2 is 2.06 bits per heavy atom. The van der Waals surface area contributed by atoms with Crippen LogP contribution in [0.1, 0.15) is 22.5 Å². The van der Waals surface area contributed by atoms with Gasteiger partial charge in [0.2, 0.25) is 0 Å². The highest BCUT2D eigenvalue weighted by Gasteiger charge is 2.06. The lowest BCUT2D eigenvalue weighted by Gasteiger charge is -2.08. The van der Waals surface area contributed by atoms with Crippen LogP contribution in [0.4, 0.5) is 5.69 Å². The van der Waals surface area contributed by atoms with Crippen LogP contribution in [0.15, 0.2) is 24.5 Å². The molecule has 0 aromatic carbocycles. The molecule has 0 atom stereocenters. The van der Waals surface area contributed by atoms with Gasteiger partial charge in [0, 0.05) is 31.2 Å². The molecule has 1 N–H and O–H groups in total. The van der Waals surface area contributed by atoms with Crippen molar-refractivity contribution in [2.45, 2.75) is 27.3 Å². The van der Waals surface area contributed by atoms with Gasteiger partial charge in [0.15, 0.2) is 0 Å². The topological polar surface area (TPSA) is 29.9 Å². The molecule has 0 aliphatic heterocycles. The normalized spacial score (nSPS) is 10.6. The van der Waals surface area contributed by atoms with Crippen LogP contribution in [0.25, 0.3) is 0 Å². The largest absolute Gasteiger partial charge is 0.379 e. The van der Waals surface area contributed by atoms with E-state index in [2.05, 4.69) is 48.8 Å². The average molecular weight is 229 g/mol. The number of anilines is 1. The Morgan fingerprint density at radius 3 is 2.65 bits per heavy atom. The summed E-state index contributed by atoms with van der Waals surface area (Å²) in [6.07, 6.45) is 3.69. The van der Waals surface area contributed by atoms with E-state index in [1.807, 2.05) is 18.5 Å². The molecule has 3 heteroatoms. The number of aryl methyl sites for hydroxylation is 2. The fourth-order valence-electron chi connectivity index (χ4n) is 1.95. The molecule has 0 unspecified atom stereocenters. The fraction of sp³-hybridized carbons (Fsp3) is 0.357. The lowest BCUT2D eigenvalue weighted by atomic mass is 10.2. The van der Waals surface area contributed by atoms with Crippen molar-refractivity contribution in [3.63, 3.8) is 0 Å². The maximum atomic E-state index is 4.14. The molecule has 0 aliphatic rings. The van der Waals surface area contributed by atoms with E-state index in [4.69, 9.17) is 0 Å². The van der Waals surface area contributed by atoms with Gasteiger partial charge in [0.25, 0.3) is 0 Å². The lowest BCUT2D eigenvalue weighted by Crippen LogP contribution is -2.03. The zero-order valence-electron chi connectivity index (χ0n) is 10.9. The molecular formula is C14H19N3. The molecule has 0 aliphatic carbocycles. The van der Waals surface area contributed by atoms with Crippen LogP contribution in [-0.2, 0) is 13.6 Å². The van der Waals surface area contributed by atoms with Gasteiger partial charge in [0.05, 0.1) is 11.9 Å². The van der Waals surface area contributed by atoms with Gasteiger partial charge in [-0.15, -0.1) is 0 Å². The summed E-state index contributed by atoms with van der Waals surface area (Å²) in [7, 11) is 2.10. The van der Waals surface area contributed by atoms with Crippen molar-refractivity contribution < 1.29 is 0 Å². The van der Waals surface area contributed by atoms with E-state index in [1.165, 1.54) is 22.5 Å². The third-order valence-corrected chi connectivity index (χ3v) is 3.39. The Balaban J connectivity index is 2.13.